The standard InChI is InChI=1S/C31H24F3NO2.C14H13N.C9H6ClF3O.C8H3ClF3O.Al.3ClH/c1-3-35-27-14-12-21(29(36)18-20-9-5-4-8-19(20)2)16-24(27)25-17-22(13-15-28(25)35)30(37)23-10-6-7-11-26(23)31(32,33)34;1-2-15-13-9-5-3-7-11(13)12-8-4-6-10-14(12)15;10-8(14)5-6-3-1-2-4-7(6)9(11,12)13;9-7(13)5-3-1-2-4-6(5)8(10,11)12;;;;/h4-17H,3,18H2,1-2H3;3-10H,2H2,1H3;1-4H,5H2;2-4H;;3*1H/q;;;+1;+3;;;/p-3. The molecule has 0 N–H and O–H groups in total. The van der Waals surface area contributed by atoms with E-state index in [0.29, 0.717) is 12.1 Å². The number of alkyl halides is 9. The van der Waals surface area contributed by atoms with E-state index in [1.165, 1.54) is 58.2 Å². The van der Waals surface area contributed by atoms with Crippen LogP contribution in [-0.2, 0) is 47.9 Å². The van der Waals surface area contributed by atoms with Crippen LogP contribution in [0.3, 0.4) is 0 Å². The number of nitrogens with zero attached hydrogens (tertiary/aromatic N) is 2. The summed E-state index contributed by atoms with van der Waals surface area (Å²) in [5, 5.41) is 2.28. The van der Waals surface area contributed by atoms with Gasteiger partial charge in [0, 0.05) is 92.3 Å². The van der Waals surface area contributed by atoms with Gasteiger partial charge in [0.1, 0.15) is 12.2 Å². The smallest absolute Gasteiger partial charge is 0.341 e. The molecule has 0 amide bonds. The van der Waals surface area contributed by atoms with Crippen molar-refractivity contribution < 1.29 is 58.7 Å². The van der Waals surface area contributed by atoms with Gasteiger partial charge < -0.3 is 9.13 Å². The highest BCUT2D eigenvalue weighted by Crippen LogP contribution is 2.37. The summed E-state index contributed by atoms with van der Waals surface area (Å²) in [4.78, 5) is 47.4. The van der Waals surface area contributed by atoms with Crippen molar-refractivity contribution in [3.05, 3.63) is 238 Å². The van der Waals surface area contributed by atoms with Gasteiger partial charge in [-0.2, -0.15) is 39.5 Å². The lowest BCUT2D eigenvalue weighted by Crippen LogP contribution is -2.15. The number of carbonyl (C=O) groups excluding carboxylic acids is 4. The number of aromatic nitrogens is 2. The molecule has 2 aromatic heterocycles. The summed E-state index contributed by atoms with van der Waals surface area (Å²) in [6.07, 6.45) is -8.68. The summed E-state index contributed by atoms with van der Waals surface area (Å²) in [6, 6.07) is 45.1. The maximum Gasteiger partial charge on any atom is 0.643 e. The molecule has 0 saturated carbocycles. The van der Waals surface area contributed by atoms with E-state index in [1.807, 2.05) is 50.2 Å². The fraction of sp³-hybridized carbons (Fsp3) is 0.161. The van der Waals surface area contributed by atoms with Crippen LogP contribution in [-0.4, -0.2) is 48.7 Å². The Hall–Kier alpha value is -6.70. The van der Waals surface area contributed by atoms with Crippen LogP contribution in [0.1, 0.15) is 67.9 Å². The third-order valence-electron chi connectivity index (χ3n) is 12.9. The summed E-state index contributed by atoms with van der Waals surface area (Å²) in [5.74, 6) is -0.723. The molecule has 0 aliphatic heterocycles. The summed E-state index contributed by atoms with van der Waals surface area (Å²) >= 11 is 8.26. The number of halogens is 14. The number of hydrogen-bond donors (Lipinski definition) is 0. The van der Waals surface area contributed by atoms with Crippen molar-refractivity contribution in [1.82, 2.24) is 9.13 Å². The first-order valence-electron chi connectivity index (χ1n) is 25.0. The Balaban J connectivity index is 0.000000197. The highest BCUT2D eigenvalue weighted by atomic mass is 35.8. The maximum absolute atomic E-state index is 13.5. The molecule has 0 saturated heterocycles. The Morgan fingerprint density at radius 3 is 1.45 bits per heavy atom. The fourth-order valence-electron chi connectivity index (χ4n) is 9.21. The van der Waals surface area contributed by atoms with Gasteiger partial charge in [0.15, 0.2) is 22.7 Å². The zero-order chi connectivity index (χ0) is 61.0. The number of rotatable bonds is 10. The minimum Gasteiger partial charge on any atom is -0.341 e. The number of ketones is 2. The van der Waals surface area contributed by atoms with Gasteiger partial charge in [-0.15, -0.1) is 0 Å². The number of Topliss-reactive ketones (excluding diaryl/α,β-unsaturated/α-hetero) is 1. The lowest BCUT2D eigenvalue weighted by molar-refractivity contribution is -0.139. The molecule has 0 radical (unpaired) electrons. The Bertz CT molecular complexity index is 3880. The molecule has 2 heterocycles. The van der Waals surface area contributed by atoms with Crippen LogP contribution in [0.2, 0.25) is 0 Å². The molecule has 0 unspecified atom stereocenters. The number of para-hydroxylation sites is 2. The number of carbonyl (C=O) groups is 4. The lowest BCUT2D eigenvalue weighted by Gasteiger charge is -2.12. The van der Waals surface area contributed by atoms with Gasteiger partial charge in [-0.05, 0) is 121 Å². The monoisotopic (exact) mass is 1260 g/mol. The van der Waals surface area contributed by atoms with E-state index in [-0.39, 0.29) is 28.9 Å². The van der Waals surface area contributed by atoms with Crippen molar-refractivity contribution in [2.45, 2.75) is 65.2 Å². The van der Waals surface area contributed by atoms with Gasteiger partial charge in [0.25, 0.3) is 0 Å². The van der Waals surface area contributed by atoms with Gasteiger partial charge in [-0.3, -0.25) is 19.2 Å². The Kier molecular flexibility index (Phi) is 22.7. The van der Waals surface area contributed by atoms with Gasteiger partial charge in [0.2, 0.25) is 5.24 Å². The number of fused-ring (bicyclic) bond motifs is 6. The second-order valence-corrected chi connectivity index (χ2v) is 25.3. The first-order valence-corrected chi connectivity index (χ1v) is 31.0. The van der Waals surface area contributed by atoms with E-state index in [1.54, 1.807) is 24.3 Å². The van der Waals surface area contributed by atoms with Crippen LogP contribution in [0.15, 0.2) is 187 Å². The Morgan fingerprint density at radius 2 is 0.964 bits per heavy atom. The molecule has 7 aromatic carbocycles. The maximum atomic E-state index is 13.5. The van der Waals surface area contributed by atoms with E-state index in [4.69, 9.17) is 53.3 Å². The molecule has 0 atom stereocenters. The molecule has 1 aliphatic rings. The largest absolute Gasteiger partial charge is 0.643 e. The third-order valence-corrected chi connectivity index (χ3v) is 13.2. The zero-order valence-corrected chi connectivity index (χ0v) is 48.9. The van der Waals surface area contributed by atoms with Crippen molar-refractivity contribution in [2.75, 3.05) is 0 Å². The van der Waals surface area contributed by atoms with Crippen LogP contribution in [0, 0.1) is 13.0 Å². The zero-order valence-electron chi connectivity index (χ0n) is 44.0. The summed E-state index contributed by atoms with van der Waals surface area (Å²) in [6.45, 7) is 7.83. The minimum absolute atomic E-state index is 0.0278. The molecule has 21 heteroatoms. The number of hydrogen-bond acceptors (Lipinski definition) is 4. The predicted molar refractivity (Wildman–Crippen MR) is 315 cm³/mol. The van der Waals surface area contributed by atoms with E-state index in [2.05, 4.69) is 70.7 Å². The molecule has 0 spiro atoms. The Labute approximate surface area is 497 Å². The second-order valence-electron chi connectivity index (χ2n) is 18.1. The summed E-state index contributed by atoms with van der Waals surface area (Å²) < 4.78 is 119. The van der Waals surface area contributed by atoms with Gasteiger partial charge in [-0.1, -0.05) is 97.1 Å². The number of allylic oxidation sites excluding steroid dienone is 6. The molecular weight excluding hydrogens is 1210 g/mol. The molecule has 1 aliphatic carbocycles. The first kappa shape index (κ1) is 65.5. The van der Waals surface area contributed by atoms with Crippen molar-refractivity contribution in [2.24, 2.45) is 0 Å². The highest BCUT2D eigenvalue weighted by molar-refractivity contribution is 7.54. The van der Waals surface area contributed by atoms with E-state index in [0.717, 1.165) is 69.8 Å². The van der Waals surface area contributed by atoms with Crippen LogP contribution in [0.5, 0.6) is 0 Å². The predicted octanol–water partition coefficient (Wildman–Crippen LogP) is 18.9. The second kappa shape index (κ2) is 28.7. The van der Waals surface area contributed by atoms with Gasteiger partial charge in [0.05, 0.1) is 17.2 Å². The molecule has 9 aromatic rings. The number of aryl methyl sites for hydroxylation is 3. The average Bonchev–Trinajstić information content (AvgIpc) is 3.71. The SMILES string of the molecule is CCn1c2ccc(C(=O)Cc3ccccc3C)cc2c2cc(C(=O)c3ccccc3C(F)(F)F)ccc21.CCn1c2ccccc2c2ccccc21.O=C(Cl)C1=C(C(F)(F)F)C=C[C+]=C1.O=C(Cl)Cc1ccccc1C(F)(F)F.[Cl][Al]([Cl])[Cl]. The highest BCUT2D eigenvalue weighted by Gasteiger charge is 2.42. The summed E-state index contributed by atoms with van der Waals surface area (Å²) in [7, 11) is 14.8. The van der Waals surface area contributed by atoms with Gasteiger partial charge in [-0.25, -0.2) is 30.1 Å². The molecule has 83 heavy (non-hydrogen) atoms. The molecular formula is C62H46AlCl5F9N2O4+. The topological polar surface area (TPSA) is 78.1 Å². The molecule has 6 nitrogen and oxygen atoms in total. The normalized spacial score (nSPS) is 12.1. The van der Waals surface area contributed by atoms with Crippen molar-refractivity contribution >= 4 is 130 Å². The average molecular weight is 1260 g/mol. The van der Waals surface area contributed by atoms with Crippen LogP contribution in [0.25, 0.3) is 43.6 Å². The first-order chi connectivity index (χ1) is 39.2. The van der Waals surface area contributed by atoms with Crippen LogP contribution < -0.4 is 0 Å². The molecule has 428 valence electrons. The fourth-order valence-corrected chi connectivity index (χ4v) is 9.51. The van der Waals surface area contributed by atoms with E-state index in [9.17, 15) is 58.7 Å². The van der Waals surface area contributed by atoms with E-state index >= 15 is 0 Å². The molecule has 0 fully saturated rings. The molecule has 10 rings (SSSR count). The minimum atomic E-state index is -4.64. The van der Waals surface area contributed by atoms with Crippen molar-refractivity contribution in [1.29, 1.82) is 0 Å². The molecule has 0 bridgehead atoms. The van der Waals surface area contributed by atoms with E-state index < -0.39 is 74.9 Å². The Morgan fingerprint density at radius 1 is 0.518 bits per heavy atom. The third kappa shape index (κ3) is 16.8. The van der Waals surface area contributed by atoms with Crippen LogP contribution in [0.4, 0.5) is 39.5 Å². The van der Waals surface area contributed by atoms with Crippen molar-refractivity contribution in [3.8, 4) is 0 Å². The van der Waals surface area contributed by atoms with Crippen molar-refractivity contribution in [3.63, 3.8) is 0 Å². The van der Waals surface area contributed by atoms with Gasteiger partial charge >= 0.3 is 35.2 Å². The number of benzene rings is 7. The quantitative estimate of drug-likeness (QED) is 0.0449. The summed E-state index contributed by atoms with van der Waals surface area (Å²) in [5.41, 5.74) is 3.26. The lowest BCUT2D eigenvalue weighted by atomic mass is 9.96. The van der Waals surface area contributed by atoms with Crippen LogP contribution >= 0.6 is 53.3 Å².